The third kappa shape index (κ3) is 3.75. The molecule has 0 aromatic heterocycles. The topological polar surface area (TPSA) is 29.1 Å². The van der Waals surface area contributed by atoms with Crippen LogP contribution in [0.3, 0.4) is 0 Å². The molecular formula is C13H16BrNOS. The van der Waals surface area contributed by atoms with Gasteiger partial charge in [-0.2, -0.15) is 12.6 Å². The quantitative estimate of drug-likeness (QED) is 0.804. The van der Waals surface area contributed by atoms with Crippen molar-refractivity contribution in [3.63, 3.8) is 0 Å². The Morgan fingerprint density at radius 1 is 1.47 bits per heavy atom. The normalized spacial score (nSPS) is 16.6. The minimum absolute atomic E-state index is 0.0147. The molecular weight excluding hydrogens is 298 g/mol. The number of benzene rings is 1. The van der Waals surface area contributed by atoms with Crippen LogP contribution in [0.25, 0.3) is 0 Å². The molecule has 1 amide bonds. The SMILES string of the molecule is O=C(CCS)NC1(Cc2cccc(Br)c2)CC1. The van der Waals surface area contributed by atoms with E-state index >= 15 is 0 Å². The number of carbonyl (C=O) groups is 1. The molecule has 0 atom stereocenters. The van der Waals surface area contributed by atoms with Crippen LogP contribution in [0.2, 0.25) is 0 Å². The van der Waals surface area contributed by atoms with Crippen molar-refractivity contribution in [2.24, 2.45) is 0 Å². The van der Waals surface area contributed by atoms with Crippen molar-refractivity contribution in [3.05, 3.63) is 34.3 Å². The van der Waals surface area contributed by atoms with Gasteiger partial charge in [0, 0.05) is 16.4 Å². The van der Waals surface area contributed by atoms with E-state index in [1.54, 1.807) is 0 Å². The van der Waals surface area contributed by atoms with Gasteiger partial charge < -0.3 is 5.32 Å². The van der Waals surface area contributed by atoms with Crippen LogP contribution in [-0.2, 0) is 11.2 Å². The van der Waals surface area contributed by atoms with Crippen molar-refractivity contribution in [2.45, 2.75) is 31.2 Å². The Morgan fingerprint density at radius 3 is 2.82 bits per heavy atom. The predicted octanol–water partition coefficient (Wildman–Crippen LogP) is 2.96. The number of rotatable bonds is 5. The van der Waals surface area contributed by atoms with Gasteiger partial charge in [0.25, 0.3) is 0 Å². The summed E-state index contributed by atoms with van der Waals surface area (Å²) in [7, 11) is 0. The lowest BCUT2D eigenvalue weighted by Crippen LogP contribution is -2.38. The summed E-state index contributed by atoms with van der Waals surface area (Å²) >= 11 is 7.54. The lowest BCUT2D eigenvalue weighted by Gasteiger charge is -2.17. The Balaban J connectivity index is 1.96. The average molecular weight is 314 g/mol. The molecule has 0 unspecified atom stereocenters. The standard InChI is InChI=1S/C13H16BrNOS/c14-11-3-1-2-10(8-11)9-13(5-6-13)15-12(16)4-7-17/h1-3,8,17H,4-7,9H2,(H,15,16). The Bertz CT molecular complexity index is 418. The first kappa shape index (κ1) is 13.0. The molecule has 0 aliphatic heterocycles. The van der Waals surface area contributed by atoms with Crippen molar-refractivity contribution in [1.29, 1.82) is 0 Å². The van der Waals surface area contributed by atoms with Gasteiger partial charge in [0.15, 0.2) is 0 Å². The van der Waals surface area contributed by atoms with Gasteiger partial charge in [-0.15, -0.1) is 0 Å². The second-order valence-corrected chi connectivity index (χ2v) is 5.97. The van der Waals surface area contributed by atoms with Crippen LogP contribution < -0.4 is 5.32 Å². The zero-order valence-corrected chi connectivity index (χ0v) is 12.1. The Morgan fingerprint density at radius 2 is 2.24 bits per heavy atom. The minimum atomic E-state index is 0.0147. The molecule has 1 aromatic rings. The van der Waals surface area contributed by atoms with Crippen molar-refractivity contribution >= 4 is 34.5 Å². The van der Waals surface area contributed by atoms with Gasteiger partial charge in [0.1, 0.15) is 0 Å². The van der Waals surface area contributed by atoms with Crippen LogP contribution in [0.4, 0.5) is 0 Å². The number of thiol groups is 1. The maximum Gasteiger partial charge on any atom is 0.221 e. The van der Waals surface area contributed by atoms with Crippen LogP contribution >= 0.6 is 28.6 Å². The predicted molar refractivity (Wildman–Crippen MR) is 76.4 cm³/mol. The molecule has 4 heteroatoms. The van der Waals surface area contributed by atoms with Gasteiger partial charge in [0.2, 0.25) is 5.91 Å². The molecule has 17 heavy (non-hydrogen) atoms. The van der Waals surface area contributed by atoms with E-state index < -0.39 is 0 Å². The minimum Gasteiger partial charge on any atom is -0.350 e. The van der Waals surface area contributed by atoms with Crippen LogP contribution in [-0.4, -0.2) is 17.2 Å². The molecule has 1 aromatic carbocycles. The average Bonchev–Trinajstić information content (AvgIpc) is 2.97. The first-order valence-corrected chi connectivity index (χ1v) is 7.22. The van der Waals surface area contributed by atoms with E-state index in [1.165, 1.54) is 5.56 Å². The van der Waals surface area contributed by atoms with Gasteiger partial charge in [0.05, 0.1) is 0 Å². The summed E-state index contributed by atoms with van der Waals surface area (Å²) in [5.74, 6) is 0.728. The number of carbonyl (C=O) groups excluding carboxylic acids is 1. The molecule has 2 rings (SSSR count). The van der Waals surface area contributed by atoms with Gasteiger partial charge in [-0.25, -0.2) is 0 Å². The second kappa shape index (κ2) is 5.44. The van der Waals surface area contributed by atoms with Gasteiger partial charge in [-0.1, -0.05) is 28.1 Å². The van der Waals surface area contributed by atoms with Crippen LogP contribution in [0.5, 0.6) is 0 Å². The van der Waals surface area contributed by atoms with E-state index in [4.69, 9.17) is 0 Å². The zero-order chi connectivity index (χ0) is 12.3. The number of amides is 1. The highest BCUT2D eigenvalue weighted by Gasteiger charge is 2.43. The summed E-state index contributed by atoms with van der Waals surface area (Å²) in [6.45, 7) is 0. The fraction of sp³-hybridized carbons (Fsp3) is 0.462. The summed E-state index contributed by atoms with van der Waals surface area (Å²) in [4.78, 5) is 11.6. The molecule has 0 bridgehead atoms. The lowest BCUT2D eigenvalue weighted by molar-refractivity contribution is -0.121. The highest BCUT2D eigenvalue weighted by atomic mass is 79.9. The zero-order valence-electron chi connectivity index (χ0n) is 9.58. The van der Waals surface area contributed by atoms with E-state index in [-0.39, 0.29) is 11.4 Å². The van der Waals surface area contributed by atoms with Gasteiger partial charge in [-0.05, 0) is 42.7 Å². The van der Waals surface area contributed by atoms with Crippen molar-refractivity contribution in [2.75, 3.05) is 5.75 Å². The monoisotopic (exact) mass is 313 g/mol. The fourth-order valence-electron chi connectivity index (χ4n) is 1.99. The van der Waals surface area contributed by atoms with E-state index in [0.717, 1.165) is 23.7 Å². The molecule has 1 N–H and O–H groups in total. The highest BCUT2D eigenvalue weighted by Crippen LogP contribution is 2.39. The summed E-state index contributed by atoms with van der Waals surface area (Å²) in [6.07, 6.45) is 3.59. The smallest absolute Gasteiger partial charge is 0.221 e. The number of halogens is 1. The van der Waals surface area contributed by atoms with Crippen molar-refractivity contribution in [1.82, 2.24) is 5.32 Å². The molecule has 0 spiro atoms. The lowest BCUT2D eigenvalue weighted by atomic mass is 10.0. The first-order chi connectivity index (χ1) is 8.13. The van der Waals surface area contributed by atoms with E-state index in [2.05, 4.69) is 46.0 Å². The summed E-state index contributed by atoms with van der Waals surface area (Å²) in [5, 5.41) is 3.13. The van der Waals surface area contributed by atoms with Crippen LogP contribution in [0, 0.1) is 0 Å². The van der Waals surface area contributed by atoms with Gasteiger partial charge >= 0.3 is 0 Å². The molecule has 1 aliphatic rings. The number of hydrogen-bond acceptors (Lipinski definition) is 2. The summed E-state index contributed by atoms with van der Waals surface area (Å²) < 4.78 is 1.09. The van der Waals surface area contributed by atoms with Crippen molar-refractivity contribution < 1.29 is 4.79 Å². The molecule has 1 aliphatic carbocycles. The van der Waals surface area contributed by atoms with E-state index in [9.17, 15) is 4.79 Å². The molecule has 0 saturated heterocycles. The fourth-order valence-corrected chi connectivity index (χ4v) is 2.64. The Hall–Kier alpha value is -0.480. The molecule has 1 fully saturated rings. The van der Waals surface area contributed by atoms with E-state index in [1.807, 2.05) is 12.1 Å². The largest absolute Gasteiger partial charge is 0.350 e. The maximum atomic E-state index is 11.6. The first-order valence-electron chi connectivity index (χ1n) is 5.80. The molecule has 92 valence electrons. The van der Waals surface area contributed by atoms with Crippen LogP contribution in [0.15, 0.2) is 28.7 Å². The second-order valence-electron chi connectivity index (χ2n) is 4.61. The third-order valence-electron chi connectivity index (χ3n) is 3.03. The maximum absolute atomic E-state index is 11.6. The van der Waals surface area contributed by atoms with Crippen LogP contribution in [0.1, 0.15) is 24.8 Å². The van der Waals surface area contributed by atoms with Crippen molar-refractivity contribution in [3.8, 4) is 0 Å². The van der Waals surface area contributed by atoms with Gasteiger partial charge in [-0.3, -0.25) is 4.79 Å². The Labute approximate surface area is 116 Å². The summed E-state index contributed by atoms with van der Waals surface area (Å²) in [5.41, 5.74) is 1.28. The summed E-state index contributed by atoms with van der Waals surface area (Å²) in [6, 6.07) is 8.27. The Kier molecular flexibility index (Phi) is 4.15. The van der Waals surface area contributed by atoms with E-state index in [0.29, 0.717) is 12.2 Å². The highest BCUT2D eigenvalue weighted by molar-refractivity contribution is 9.10. The number of nitrogens with one attached hydrogen (secondary N) is 1. The molecule has 0 radical (unpaired) electrons. The third-order valence-corrected chi connectivity index (χ3v) is 3.75. The number of hydrogen-bond donors (Lipinski definition) is 2. The molecule has 2 nitrogen and oxygen atoms in total. The molecule has 0 heterocycles. The molecule has 1 saturated carbocycles.